The van der Waals surface area contributed by atoms with E-state index in [1.54, 1.807) is 12.1 Å². The standard InChI is InChI=1S/C17H24FN3O/c18-14-4-6-15(7-5-14)20-8-10-21(11-9-20)17(22)12-13-2-1-3-16(13)19/h4-7,13,16H,1-3,8-12,19H2/t13-,16+/m0/s1. The van der Waals surface area contributed by atoms with Crippen molar-refractivity contribution in [1.82, 2.24) is 4.90 Å². The van der Waals surface area contributed by atoms with Crippen molar-refractivity contribution in [3.8, 4) is 0 Å². The van der Waals surface area contributed by atoms with Gasteiger partial charge < -0.3 is 15.5 Å². The predicted octanol–water partition coefficient (Wildman–Crippen LogP) is 1.99. The summed E-state index contributed by atoms with van der Waals surface area (Å²) in [4.78, 5) is 16.5. The van der Waals surface area contributed by atoms with E-state index in [1.807, 2.05) is 4.90 Å². The van der Waals surface area contributed by atoms with E-state index >= 15 is 0 Å². The summed E-state index contributed by atoms with van der Waals surface area (Å²) in [5.41, 5.74) is 7.08. The van der Waals surface area contributed by atoms with Crippen LogP contribution in [-0.4, -0.2) is 43.0 Å². The fraction of sp³-hybridized carbons (Fsp3) is 0.588. The number of piperazine rings is 1. The van der Waals surface area contributed by atoms with Crippen LogP contribution >= 0.6 is 0 Å². The van der Waals surface area contributed by atoms with E-state index in [4.69, 9.17) is 5.73 Å². The molecule has 3 rings (SSSR count). The van der Waals surface area contributed by atoms with Gasteiger partial charge in [0.2, 0.25) is 5.91 Å². The summed E-state index contributed by atoms with van der Waals surface area (Å²) >= 11 is 0. The van der Waals surface area contributed by atoms with Crippen LogP contribution in [0.25, 0.3) is 0 Å². The molecule has 1 amide bonds. The van der Waals surface area contributed by atoms with Gasteiger partial charge in [-0.3, -0.25) is 4.79 Å². The van der Waals surface area contributed by atoms with Gasteiger partial charge in [0.1, 0.15) is 5.82 Å². The minimum absolute atomic E-state index is 0.199. The molecule has 1 heterocycles. The number of rotatable bonds is 3. The van der Waals surface area contributed by atoms with Crippen LogP contribution in [-0.2, 0) is 4.79 Å². The second-order valence-electron chi connectivity index (χ2n) is 6.40. The SMILES string of the molecule is N[C@@H]1CCC[C@H]1CC(=O)N1CCN(c2ccc(F)cc2)CC1. The maximum absolute atomic E-state index is 13.0. The van der Waals surface area contributed by atoms with Crippen molar-refractivity contribution >= 4 is 11.6 Å². The monoisotopic (exact) mass is 305 g/mol. The van der Waals surface area contributed by atoms with E-state index in [2.05, 4.69) is 4.90 Å². The van der Waals surface area contributed by atoms with E-state index in [-0.39, 0.29) is 17.8 Å². The second kappa shape index (κ2) is 6.65. The summed E-state index contributed by atoms with van der Waals surface area (Å²) in [5.74, 6) is 0.384. The zero-order chi connectivity index (χ0) is 15.5. The zero-order valence-electron chi connectivity index (χ0n) is 12.9. The molecule has 0 aromatic heterocycles. The number of hydrogen-bond acceptors (Lipinski definition) is 3. The summed E-state index contributed by atoms with van der Waals surface area (Å²) in [7, 11) is 0. The Balaban J connectivity index is 1.50. The van der Waals surface area contributed by atoms with Crippen molar-refractivity contribution in [2.75, 3.05) is 31.1 Å². The van der Waals surface area contributed by atoms with Gasteiger partial charge in [-0.2, -0.15) is 0 Å². The smallest absolute Gasteiger partial charge is 0.223 e. The minimum atomic E-state index is -0.217. The van der Waals surface area contributed by atoms with E-state index in [0.29, 0.717) is 12.3 Å². The quantitative estimate of drug-likeness (QED) is 0.929. The minimum Gasteiger partial charge on any atom is -0.368 e. The van der Waals surface area contributed by atoms with Crippen LogP contribution in [0.15, 0.2) is 24.3 Å². The predicted molar refractivity (Wildman–Crippen MR) is 85.1 cm³/mol. The van der Waals surface area contributed by atoms with Crippen LogP contribution < -0.4 is 10.6 Å². The second-order valence-corrected chi connectivity index (χ2v) is 6.40. The van der Waals surface area contributed by atoms with Gasteiger partial charge in [-0.15, -0.1) is 0 Å². The number of nitrogens with zero attached hydrogens (tertiary/aromatic N) is 2. The summed E-state index contributed by atoms with van der Waals surface area (Å²) in [6, 6.07) is 6.75. The Morgan fingerprint density at radius 2 is 1.82 bits per heavy atom. The van der Waals surface area contributed by atoms with Gasteiger partial charge in [-0.25, -0.2) is 4.39 Å². The molecule has 4 nitrogen and oxygen atoms in total. The lowest BCUT2D eigenvalue weighted by Gasteiger charge is -2.36. The van der Waals surface area contributed by atoms with Gasteiger partial charge in [0.25, 0.3) is 0 Å². The lowest BCUT2D eigenvalue weighted by molar-refractivity contribution is -0.132. The molecule has 1 aliphatic heterocycles. The van der Waals surface area contributed by atoms with Gasteiger partial charge in [-0.05, 0) is 43.0 Å². The molecule has 22 heavy (non-hydrogen) atoms. The molecule has 1 saturated carbocycles. The third kappa shape index (κ3) is 3.40. The summed E-state index contributed by atoms with van der Waals surface area (Å²) in [5, 5.41) is 0. The van der Waals surface area contributed by atoms with E-state index < -0.39 is 0 Å². The van der Waals surface area contributed by atoms with Crippen LogP contribution in [0.5, 0.6) is 0 Å². The molecule has 1 aromatic rings. The first-order valence-corrected chi connectivity index (χ1v) is 8.17. The third-order valence-corrected chi connectivity index (χ3v) is 4.98. The fourth-order valence-corrected chi connectivity index (χ4v) is 3.54. The summed E-state index contributed by atoms with van der Waals surface area (Å²) in [6.07, 6.45) is 3.88. The van der Waals surface area contributed by atoms with Gasteiger partial charge >= 0.3 is 0 Å². The molecule has 0 unspecified atom stereocenters. The Morgan fingerprint density at radius 1 is 1.14 bits per heavy atom. The molecule has 2 atom stereocenters. The highest BCUT2D eigenvalue weighted by Gasteiger charge is 2.29. The van der Waals surface area contributed by atoms with Crippen LogP contribution in [0.4, 0.5) is 10.1 Å². The number of halogens is 1. The Labute approximate surface area is 131 Å². The molecule has 0 spiro atoms. The molecule has 0 bridgehead atoms. The van der Waals surface area contributed by atoms with Gasteiger partial charge in [0.15, 0.2) is 0 Å². The summed E-state index contributed by atoms with van der Waals surface area (Å²) < 4.78 is 13.0. The Kier molecular flexibility index (Phi) is 4.62. The molecular formula is C17H24FN3O. The molecule has 2 N–H and O–H groups in total. The number of nitrogens with two attached hydrogens (primary N) is 1. The number of hydrogen-bond donors (Lipinski definition) is 1. The normalized spacial score (nSPS) is 25.5. The Hall–Kier alpha value is -1.62. The Morgan fingerprint density at radius 3 is 2.41 bits per heavy atom. The highest BCUT2D eigenvalue weighted by molar-refractivity contribution is 5.77. The first-order chi connectivity index (χ1) is 10.6. The summed E-state index contributed by atoms with van der Waals surface area (Å²) in [6.45, 7) is 3.07. The average molecular weight is 305 g/mol. The maximum Gasteiger partial charge on any atom is 0.223 e. The molecule has 120 valence electrons. The number of carbonyl (C=O) groups is 1. The van der Waals surface area contributed by atoms with Gasteiger partial charge in [0, 0.05) is 44.3 Å². The Bertz CT molecular complexity index is 511. The highest BCUT2D eigenvalue weighted by Crippen LogP contribution is 2.27. The van der Waals surface area contributed by atoms with Crippen molar-refractivity contribution in [3.05, 3.63) is 30.1 Å². The third-order valence-electron chi connectivity index (χ3n) is 4.98. The van der Waals surface area contributed by atoms with Gasteiger partial charge in [0.05, 0.1) is 0 Å². The van der Waals surface area contributed by atoms with E-state index in [1.165, 1.54) is 12.1 Å². The molecule has 1 aliphatic carbocycles. The number of anilines is 1. The van der Waals surface area contributed by atoms with Crippen molar-refractivity contribution < 1.29 is 9.18 Å². The van der Waals surface area contributed by atoms with E-state index in [0.717, 1.165) is 51.1 Å². The van der Waals surface area contributed by atoms with E-state index in [9.17, 15) is 9.18 Å². The van der Waals surface area contributed by atoms with Gasteiger partial charge in [-0.1, -0.05) is 6.42 Å². The van der Waals surface area contributed by atoms with Crippen molar-refractivity contribution in [3.63, 3.8) is 0 Å². The lowest BCUT2D eigenvalue weighted by Crippen LogP contribution is -2.49. The van der Waals surface area contributed by atoms with Crippen LogP contribution in [0.3, 0.4) is 0 Å². The molecule has 2 aliphatic rings. The molecule has 1 saturated heterocycles. The van der Waals surface area contributed by atoms with Crippen LogP contribution in [0.2, 0.25) is 0 Å². The maximum atomic E-state index is 13.0. The zero-order valence-corrected chi connectivity index (χ0v) is 12.9. The topological polar surface area (TPSA) is 49.6 Å². The van der Waals surface area contributed by atoms with Crippen molar-refractivity contribution in [2.24, 2.45) is 11.7 Å². The van der Waals surface area contributed by atoms with Crippen molar-refractivity contribution in [2.45, 2.75) is 31.7 Å². The average Bonchev–Trinajstić information content (AvgIpc) is 2.93. The first-order valence-electron chi connectivity index (χ1n) is 8.17. The molecular weight excluding hydrogens is 281 g/mol. The molecule has 1 aromatic carbocycles. The molecule has 2 fully saturated rings. The highest BCUT2D eigenvalue weighted by atomic mass is 19.1. The molecule has 5 heteroatoms. The number of carbonyl (C=O) groups excluding carboxylic acids is 1. The van der Waals surface area contributed by atoms with Crippen LogP contribution in [0, 0.1) is 11.7 Å². The first kappa shape index (κ1) is 15.3. The molecule has 0 radical (unpaired) electrons. The van der Waals surface area contributed by atoms with Crippen molar-refractivity contribution in [1.29, 1.82) is 0 Å². The lowest BCUT2D eigenvalue weighted by atomic mass is 9.99. The van der Waals surface area contributed by atoms with Crippen LogP contribution in [0.1, 0.15) is 25.7 Å². The fourth-order valence-electron chi connectivity index (χ4n) is 3.54. The largest absolute Gasteiger partial charge is 0.368 e. The number of benzene rings is 1. The number of amides is 1.